The van der Waals surface area contributed by atoms with Crippen molar-refractivity contribution in [3.8, 4) is 0 Å². The van der Waals surface area contributed by atoms with E-state index in [1.165, 1.54) is 6.42 Å². The molecule has 1 aliphatic heterocycles. The minimum absolute atomic E-state index is 0.133. The first-order chi connectivity index (χ1) is 8.77. The van der Waals surface area contributed by atoms with E-state index in [2.05, 4.69) is 12.1 Å². The molecular weight excluding hydrogens is 224 g/mol. The standard InChI is InChI=1S/C15H18N2O/c1-12-11-13-7-3-4-8-14(13)17(12)15(18)16-9-5-2-6-10-16/h3-4,7-8,11H,2,5-6,9-10H2,1H3. The van der Waals surface area contributed by atoms with Crippen molar-refractivity contribution >= 4 is 16.9 Å². The molecule has 2 heterocycles. The summed E-state index contributed by atoms with van der Waals surface area (Å²) in [5, 5.41) is 1.14. The normalized spacial score (nSPS) is 16.2. The van der Waals surface area contributed by atoms with Gasteiger partial charge in [-0.2, -0.15) is 0 Å². The molecule has 3 nitrogen and oxygen atoms in total. The van der Waals surface area contributed by atoms with Crippen LogP contribution in [-0.4, -0.2) is 28.6 Å². The third-order valence-corrected chi connectivity index (χ3v) is 3.71. The molecule has 1 aromatic carbocycles. The summed E-state index contributed by atoms with van der Waals surface area (Å²) in [4.78, 5) is 14.6. The van der Waals surface area contributed by atoms with Gasteiger partial charge in [0.15, 0.2) is 0 Å². The molecule has 0 atom stereocenters. The fraction of sp³-hybridized carbons (Fsp3) is 0.400. The molecule has 0 N–H and O–H groups in total. The number of hydrogen-bond acceptors (Lipinski definition) is 1. The average molecular weight is 242 g/mol. The first-order valence-electron chi connectivity index (χ1n) is 6.64. The van der Waals surface area contributed by atoms with E-state index >= 15 is 0 Å². The van der Waals surface area contributed by atoms with E-state index in [4.69, 9.17) is 0 Å². The van der Waals surface area contributed by atoms with E-state index in [1.807, 2.05) is 34.6 Å². The number of benzene rings is 1. The molecule has 1 aromatic heterocycles. The second kappa shape index (κ2) is 4.48. The van der Waals surface area contributed by atoms with Gasteiger partial charge in [-0.05, 0) is 38.3 Å². The number of piperidine rings is 1. The summed E-state index contributed by atoms with van der Waals surface area (Å²) in [6.07, 6.45) is 3.50. The molecule has 2 aromatic rings. The van der Waals surface area contributed by atoms with Crippen molar-refractivity contribution in [2.24, 2.45) is 0 Å². The molecule has 1 aliphatic rings. The van der Waals surface area contributed by atoms with Gasteiger partial charge in [0.05, 0.1) is 5.52 Å². The van der Waals surface area contributed by atoms with Crippen molar-refractivity contribution in [3.63, 3.8) is 0 Å². The SMILES string of the molecule is Cc1cc2ccccc2n1C(=O)N1CCCCC1. The van der Waals surface area contributed by atoms with Crippen LogP contribution < -0.4 is 0 Å². The van der Waals surface area contributed by atoms with Crippen molar-refractivity contribution in [1.29, 1.82) is 0 Å². The average Bonchev–Trinajstić information content (AvgIpc) is 2.75. The van der Waals surface area contributed by atoms with Crippen LogP contribution in [0, 0.1) is 6.92 Å². The van der Waals surface area contributed by atoms with Crippen LogP contribution in [0.4, 0.5) is 4.79 Å². The lowest BCUT2D eigenvalue weighted by molar-refractivity contribution is 0.188. The van der Waals surface area contributed by atoms with Crippen LogP contribution in [0.1, 0.15) is 25.0 Å². The van der Waals surface area contributed by atoms with Crippen LogP contribution in [-0.2, 0) is 0 Å². The minimum atomic E-state index is 0.133. The van der Waals surface area contributed by atoms with Gasteiger partial charge >= 0.3 is 6.03 Å². The molecule has 3 heteroatoms. The van der Waals surface area contributed by atoms with Gasteiger partial charge in [-0.1, -0.05) is 18.2 Å². The molecule has 0 bridgehead atoms. The van der Waals surface area contributed by atoms with Crippen molar-refractivity contribution in [3.05, 3.63) is 36.0 Å². The summed E-state index contributed by atoms with van der Waals surface area (Å²) < 4.78 is 1.85. The Hall–Kier alpha value is -1.77. The highest BCUT2D eigenvalue weighted by atomic mass is 16.2. The smallest absolute Gasteiger partial charge is 0.324 e. The Morgan fingerprint density at radius 1 is 1.11 bits per heavy atom. The third-order valence-electron chi connectivity index (χ3n) is 3.71. The van der Waals surface area contributed by atoms with Crippen LogP contribution >= 0.6 is 0 Å². The molecule has 18 heavy (non-hydrogen) atoms. The van der Waals surface area contributed by atoms with Gasteiger partial charge in [0, 0.05) is 24.2 Å². The zero-order valence-electron chi connectivity index (χ0n) is 10.7. The van der Waals surface area contributed by atoms with Gasteiger partial charge in [-0.15, -0.1) is 0 Å². The molecule has 0 spiro atoms. The largest absolute Gasteiger partial charge is 0.328 e. The van der Waals surface area contributed by atoms with Crippen LogP contribution in [0.3, 0.4) is 0 Å². The van der Waals surface area contributed by atoms with Crippen molar-refractivity contribution < 1.29 is 4.79 Å². The molecule has 94 valence electrons. The van der Waals surface area contributed by atoms with Gasteiger partial charge in [0.2, 0.25) is 0 Å². The van der Waals surface area contributed by atoms with Gasteiger partial charge in [0.1, 0.15) is 0 Å². The lowest BCUT2D eigenvalue weighted by atomic mass is 10.1. The second-order valence-corrected chi connectivity index (χ2v) is 5.01. The lowest BCUT2D eigenvalue weighted by Gasteiger charge is -2.27. The highest BCUT2D eigenvalue weighted by Gasteiger charge is 2.20. The molecular formula is C15H18N2O. The predicted molar refractivity (Wildman–Crippen MR) is 72.9 cm³/mol. The maximum Gasteiger partial charge on any atom is 0.328 e. The molecule has 0 aliphatic carbocycles. The third kappa shape index (κ3) is 1.80. The predicted octanol–water partition coefficient (Wildman–Crippen LogP) is 3.40. The molecule has 3 rings (SSSR count). The fourth-order valence-corrected chi connectivity index (χ4v) is 2.77. The van der Waals surface area contributed by atoms with E-state index in [0.29, 0.717) is 0 Å². The number of para-hydroxylation sites is 1. The summed E-state index contributed by atoms with van der Waals surface area (Å²) in [5.74, 6) is 0. The topological polar surface area (TPSA) is 25.2 Å². The van der Waals surface area contributed by atoms with Crippen molar-refractivity contribution in [2.45, 2.75) is 26.2 Å². The zero-order chi connectivity index (χ0) is 12.5. The van der Waals surface area contributed by atoms with E-state index in [-0.39, 0.29) is 6.03 Å². The Morgan fingerprint density at radius 2 is 1.83 bits per heavy atom. The second-order valence-electron chi connectivity index (χ2n) is 5.01. The molecule has 1 saturated heterocycles. The number of amides is 1. The first kappa shape index (κ1) is 11.3. The maximum absolute atomic E-state index is 12.6. The van der Waals surface area contributed by atoms with Crippen LogP contribution in [0.2, 0.25) is 0 Å². The molecule has 0 radical (unpaired) electrons. The van der Waals surface area contributed by atoms with Gasteiger partial charge in [-0.25, -0.2) is 4.79 Å². The van der Waals surface area contributed by atoms with Crippen molar-refractivity contribution in [1.82, 2.24) is 9.47 Å². The minimum Gasteiger partial charge on any atom is -0.324 e. The molecule has 1 fully saturated rings. The summed E-state index contributed by atoms with van der Waals surface area (Å²) >= 11 is 0. The van der Waals surface area contributed by atoms with Crippen LogP contribution in [0.5, 0.6) is 0 Å². The van der Waals surface area contributed by atoms with Gasteiger partial charge < -0.3 is 4.90 Å². The van der Waals surface area contributed by atoms with Crippen molar-refractivity contribution in [2.75, 3.05) is 13.1 Å². The lowest BCUT2D eigenvalue weighted by Crippen LogP contribution is -2.38. The Labute approximate surface area is 107 Å². The van der Waals surface area contributed by atoms with Crippen LogP contribution in [0.15, 0.2) is 30.3 Å². The Morgan fingerprint density at radius 3 is 2.61 bits per heavy atom. The summed E-state index contributed by atoms with van der Waals surface area (Å²) in [5.41, 5.74) is 2.04. The quantitative estimate of drug-likeness (QED) is 0.695. The Bertz CT molecular complexity index is 579. The summed E-state index contributed by atoms with van der Waals surface area (Å²) in [6, 6.07) is 10.3. The van der Waals surface area contributed by atoms with Gasteiger partial charge in [-0.3, -0.25) is 4.57 Å². The van der Waals surface area contributed by atoms with E-state index in [0.717, 1.165) is 42.5 Å². The zero-order valence-corrected chi connectivity index (χ0v) is 10.7. The number of carbonyl (C=O) groups excluding carboxylic acids is 1. The number of nitrogens with zero attached hydrogens (tertiary/aromatic N) is 2. The monoisotopic (exact) mass is 242 g/mol. The summed E-state index contributed by atoms with van der Waals surface area (Å²) in [6.45, 7) is 3.79. The number of likely N-dealkylation sites (tertiary alicyclic amines) is 1. The van der Waals surface area contributed by atoms with E-state index in [9.17, 15) is 4.79 Å². The number of carbonyl (C=O) groups is 1. The number of hydrogen-bond donors (Lipinski definition) is 0. The molecule has 0 saturated carbocycles. The number of fused-ring (bicyclic) bond motifs is 1. The molecule has 1 amide bonds. The Balaban J connectivity index is 2.02. The number of rotatable bonds is 0. The Kier molecular flexibility index (Phi) is 2.82. The maximum atomic E-state index is 12.6. The highest BCUT2D eigenvalue weighted by Crippen LogP contribution is 2.21. The fourth-order valence-electron chi connectivity index (χ4n) is 2.77. The number of aryl methyl sites for hydroxylation is 1. The van der Waals surface area contributed by atoms with Gasteiger partial charge in [0.25, 0.3) is 0 Å². The van der Waals surface area contributed by atoms with E-state index < -0.39 is 0 Å². The van der Waals surface area contributed by atoms with E-state index in [1.54, 1.807) is 0 Å². The van der Waals surface area contributed by atoms with Crippen LogP contribution in [0.25, 0.3) is 10.9 Å². The first-order valence-corrected chi connectivity index (χ1v) is 6.64. The molecule has 0 unspecified atom stereocenters. The highest BCUT2D eigenvalue weighted by molar-refractivity contribution is 5.92. The number of aromatic nitrogens is 1. The summed E-state index contributed by atoms with van der Waals surface area (Å²) in [7, 11) is 0.